The molecule has 3 aliphatic heterocycles. The lowest BCUT2D eigenvalue weighted by Gasteiger charge is -2.35. The number of aliphatic hydroxyl groups excluding tert-OH is 1. The Bertz CT molecular complexity index is 1440. The minimum absolute atomic E-state index is 0.0389. The largest absolute Gasteiger partial charge is 0.494 e. The van der Waals surface area contributed by atoms with E-state index >= 15 is 0 Å². The summed E-state index contributed by atoms with van der Waals surface area (Å²) in [7, 11) is 0. The van der Waals surface area contributed by atoms with Gasteiger partial charge in [-0.2, -0.15) is 0 Å². The Morgan fingerprint density at radius 2 is 1.98 bits per heavy atom. The standard InChI is InChI=1S/C28H32N6O6/c1-3-39-18-10-8-17(9-11-18)30-25(36)22-21-12-13-28(40-21)23(22)27(38)34(16(2)14-35)24(28)26(37)29-15-33-20-7-5-4-6-19(20)31-32-33/h4-11,16,21-24,35H,3,12-15H2,1-2H3,(H,29,37)(H,30,36)/t16-,21-,22+,23+,24?,28?/m1/s1. The van der Waals surface area contributed by atoms with E-state index in [1.165, 1.54) is 4.90 Å². The molecule has 12 nitrogen and oxygen atoms in total. The van der Waals surface area contributed by atoms with Crippen molar-refractivity contribution in [1.82, 2.24) is 25.2 Å². The summed E-state index contributed by atoms with van der Waals surface area (Å²) in [5, 5.41) is 24.0. The lowest BCUT2D eigenvalue weighted by molar-refractivity contribution is -0.144. The normalized spacial score (nSPS) is 27.6. The molecule has 2 unspecified atom stereocenters. The highest BCUT2D eigenvalue weighted by atomic mass is 16.5. The molecule has 6 rings (SSSR count). The Labute approximate surface area is 230 Å². The van der Waals surface area contributed by atoms with E-state index in [1.54, 1.807) is 35.9 Å². The highest BCUT2D eigenvalue weighted by molar-refractivity contribution is 6.02. The summed E-state index contributed by atoms with van der Waals surface area (Å²) < 4.78 is 13.5. The van der Waals surface area contributed by atoms with Crippen LogP contribution in [0.3, 0.4) is 0 Å². The van der Waals surface area contributed by atoms with Gasteiger partial charge >= 0.3 is 0 Å². The van der Waals surface area contributed by atoms with Crippen molar-refractivity contribution in [3.05, 3.63) is 48.5 Å². The van der Waals surface area contributed by atoms with E-state index in [4.69, 9.17) is 9.47 Å². The Morgan fingerprint density at radius 3 is 2.73 bits per heavy atom. The molecule has 1 aromatic heterocycles. The molecule has 12 heteroatoms. The lowest BCUT2D eigenvalue weighted by Crippen LogP contribution is -2.57. The van der Waals surface area contributed by atoms with Gasteiger partial charge in [0, 0.05) is 5.69 Å². The zero-order valence-electron chi connectivity index (χ0n) is 22.3. The van der Waals surface area contributed by atoms with Gasteiger partial charge in [0.05, 0.1) is 42.7 Å². The van der Waals surface area contributed by atoms with Gasteiger partial charge in [0.25, 0.3) is 0 Å². The van der Waals surface area contributed by atoms with Crippen LogP contribution in [-0.4, -0.2) is 79.7 Å². The molecule has 0 aliphatic carbocycles. The number of aromatic nitrogens is 3. The SMILES string of the molecule is CCOc1ccc(NC(=O)[C@@H]2[C@H]3C(=O)N([C@H](C)CO)C(C(=O)NCn4nnc5ccccc54)C34CC[C@H]2O4)cc1. The zero-order valence-corrected chi connectivity index (χ0v) is 22.3. The number of anilines is 1. The van der Waals surface area contributed by atoms with Crippen LogP contribution in [0.5, 0.6) is 5.75 Å². The molecular formula is C28H32N6O6. The topological polar surface area (TPSA) is 148 Å². The Balaban J connectivity index is 1.25. The summed E-state index contributed by atoms with van der Waals surface area (Å²) in [6.07, 6.45) is 0.516. The van der Waals surface area contributed by atoms with Gasteiger partial charge in [-0.1, -0.05) is 17.3 Å². The maximum Gasteiger partial charge on any atom is 0.247 e. The van der Waals surface area contributed by atoms with Crippen molar-refractivity contribution in [2.45, 2.75) is 57.1 Å². The first-order valence-corrected chi connectivity index (χ1v) is 13.6. The van der Waals surface area contributed by atoms with E-state index in [-0.39, 0.29) is 25.1 Å². The van der Waals surface area contributed by atoms with E-state index in [2.05, 4.69) is 20.9 Å². The number of likely N-dealkylation sites (tertiary alicyclic amines) is 1. The van der Waals surface area contributed by atoms with Crippen molar-refractivity contribution < 1.29 is 29.0 Å². The van der Waals surface area contributed by atoms with Crippen LogP contribution in [-0.2, 0) is 25.8 Å². The third-order valence-electron chi connectivity index (χ3n) is 8.28. The van der Waals surface area contributed by atoms with Gasteiger partial charge in [-0.3, -0.25) is 14.4 Å². The second-order valence-electron chi connectivity index (χ2n) is 10.6. The number of amides is 3. The maximum absolute atomic E-state index is 13.9. The number of nitrogens with zero attached hydrogens (tertiary/aromatic N) is 4. The van der Waals surface area contributed by atoms with Crippen LogP contribution in [0.4, 0.5) is 5.69 Å². The first-order chi connectivity index (χ1) is 19.4. The van der Waals surface area contributed by atoms with E-state index in [0.717, 1.165) is 5.52 Å². The van der Waals surface area contributed by atoms with Gasteiger partial charge in [-0.05, 0) is 63.1 Å². The van der Waals surface area contributed by atoms with Crippen molar-refractivity contribution in [3.8, 4) is 5.75 Å². The summed E-state index contributed by atoms with van der Waals surface area (Å²) in [4.78, 5) is 42.7. The molecule has 3 saturated heterocycles. The molecule has 2 aromatic carbocycles. The van der Waals surface area contributed by atoms with Crippen molar-refractivity contribution in [2.75, 3.05) is 18.5 Å². The van der Waals surface area contributed by atoms with Crippen molar-refractivity contribution in [1.29, 1.82) is 0 Å². The minimum Gasteiger partial charge on any atom is -0.494 e. The van der Waals surface area contributed by atoms with Gasteiger partial charge in [-0.25, -0.2) is 4.68 Å². The molecule has 3 aromatic rings. The summed E-state index contributed by atoms with van der Waals surface area (Å²) in [5.74, 6) is -2.04. The fraction of sp³-hybridized carbons (Fsp3) is 0.464. The number of carbonyl (C=O) groups is 3. The van der Waals surface area contributed by atoms with Gasteiger partial charge in [0.2, 0.25) is 17.7 Å². The molecule has 6 atom stereocenters. The summed E-state index contributed by atoms with van der Waals surface area (Å²) in [6, 6.07) is 12.8. The number of rotatable bonds is 9. The van der Waals surface area contributed by atoms with Gasteiger partial charge in [0.15, 0.2) is 0 Å². The third kappa shape index (κ3) is 4.09. The number of ether oxygens (including phenoxy) is 2. The number of fused-ring (bicyclic) bond motifs is 2. The lowest BCUT2D eigenvalue weighted by atomic mass is 9.70. The maximum atomic E-state index is 13.9. The van der Waals surface area contributed by atoms with E-state index in [1.807, 2.05) is 31.2 Å². The molecule has 3 fully saturated rings. The minimum atomic E-state index is -1.17. The number of hydrogen-bond acceptors (Lipinski definition) is 8. The van der Waals surface area contributed by atoms with Crippen molar-refractivity contribution in [3.63, 3.8) is 0 Å². The van der Waals surface area contributed by atoms with Crippen LogP contribution in [0.25, 0.3) is 11.0 Å². The number of hydrogen-bond donors (Lipinski definition) is 3. The first-order valence-electron chi connectivity index (χ1n) is 13.6. The fourth-order valence-electron chi connectivity index (χ4n) is 6.56. The van der Waals surface area contributed by atoms with Gasteiger partial charge in [-0.15, -0.1) is 5.10 Å². The van der Waals surface area contributed by atoms with Crippen LogP contribution in [0.1, 0.15) is 26.7 Å². The number of carbonyl (C=O) groups excluding carboxylic acids is 3. The average Bonchev–Trinajstić information content (AvgIpc) is 3.71. The molecule has 40 heavy (non-hydrogen) atoms. The molecule has 0 radical (unpaired) electrons. The molecule has 210 valence electrons. The predicted molar refractivity (Wildman–Crippen MR) is 143 cm³/mol. The summed E-state index contributed by atoms with van der Waals surface area (Å²) >= 11 is 0. The second kappa shape index (κ2) is 10.2. The molecule has 3 amide bonds. The van der Waals surface area contributed by atoms with Gasteiger partial charge in [0.1, 0.15) is 29.6 Å². The molecule has 3 aliphatic rings. The number of aliphatic hydroxyl groups is 1. The zero-order chi connectivity index (χ0) is 28.0. The molecule has 4 heterocycles. The smallest absolute Gasteiger partial charge is 0.247 e. The first kappa shape index (κ1) is 26.2. The molecule has 0 saturated carbocycles. The summed E-state index contributed by atoms with van der Waals surface area (Å²) in [6.45, 7) is 3.81. The fourth-order valence-corrected chi connectivity index (χ4v) is 6.56. The number of para-hydroxylation sites is 1. The third-order valence-corrected chi connectivity index (χ3v) is 8.28. The molecule has 1 spiro atoms. The van der Waals surface area contributed by atoms with Crippen LogP contribution < -0.4 is 15.4 Å². The average molecular weight is 549 g/mol. The second-order valence-corrected chi connectivity index (χ2v) is 10.6. The monoisotopic (exact) mass is 548 g/mol. The van der Waals surface area contributed by atoms with Crippen LogP contribution in [0.15, 0.2) is 48.5 Å². The number of nitrogens with one attached hydrogen (secondary N) is 2. The van der Waals surface area contributed by atoms with E-state index in [0.29, 0.717) is 36.4 Å². The van der Waals surface area contributed by atoms with Crippen molar-refractivity contribution >= 4 is 34.4 Å². The molecule has 3 N–H and O–H groups in total. The number of benzene rings is 2. The summed E-state index contributed by atoms with van der Waals surface area (Å²) in [5.41, 5.74) is 0.860. The van der Waals surface area contributed by atoms with E-state index in [9.17, 15) is 19.5 Å². The van der Waals surface area contributed by atoms with Gasteiger partial charge < -0.3 is 30.1 Å². The van der Waals surface area contributed by atoms with Crippen LogP contribution in [0.2, 0.25) is 0 Å². The Kier molecular flexibility index (Phi) is 6.67. The highest BCUT2D eigenvalue weighted by Crippen LogP contribution is 2.58. The van der Waals surface area contributed by atoms with Crippen molar-refractivity contribution in [2.24, 2.45) is 11.8 Å². The Morgan fingerprint density at radius 1 is 1.20 bits per heavy atom. The van der Waals surface area contributed by atoms with Crippen LogP contribution >= 0.6 is 0 Å². The van der Waals surface area contributed by atoms with Crippen LogP contribution in [0, 0.1) is 11.8 Å². The predicted octanol–water partition coefficient (Wildman–Crippen LogP) is 1.30. The highest BCUT2D eigenvalue weighted by Gasteiger charge is 2.74. The van der Waals surface area contributed by atoms with E-state index < -0.39 is 41.5 Å². The molecule has 2 bridgehead atoms. The quantitative estimate of drug-likeness (QED) is 0.363. The Hall–Kier alpha value is -4.03. The molecular weight excluding hydrogens is 516 g/mol.